The fraction of sp³-hybridized carbons (Fsp3) is 0.688. The van der Waals surface area contributed by atoms with Gasteiger partial charge < -0.3 is 14.8 Å². The first kappa shape index (κ1) is 17.7. The molecule has 0 fully saturated rings. The molecule has 0 aliphatic carbocycles. The second-order valence-corrected chi connectivity index (χ2v) is 5.62. The van der Waals surface area contributed by atoms with Gasteiger partial charge in [0.1, 0.15) is 0 Å². The molecule has 1 aromatic rings. The zero-order valence-corrected chi connectivity index (χ0v) is 13.4. The first-order valence-corrected chi connectivity index (χ1v) is 7.73. The fourth-order valence-corrected chi connectivity index (χ4v) is 2.49. The first-order valence-electron chi connectivity index (χ1n) is 7.73. The van der Waals surface area contributed by atoms with E-state index in [0.29, 0.717) is 18.8 Å². The summed E-state index contributed by atoms with van der Waals surface area (Å²) in [6, 6.07) is 1.49. The van der Waals surface area contributed by atoms with Gasteiger partial charge in [0.15, 0.2) is 5.75 Å². The molecular formula is C16H28N2O3. The van der Waals surface area contributed by atoms with Crippen LogP contribution in [-0.4, -0.2) is 39.9 Å². The van der Waals surface area contributed by atoms with E-state index in [1.807, 2.05) is 23.4 Å². The lowest BCUT2D eigenvalue weighted by molar-refractivity contribution is 0.212. The maximum atomic E-state index is 11.8. The molecule has 1 rings (SSSR count). The van der Waals surface area contributed by atoms with Crippen molar-refractivity contribution in [1.82, 2.24) is 9.47 Å². The number of aromatic nitrogens is 1. The predicted molar refractivity (Wildman–Crippen MR) is 84.7 cm³/mol. The highest BCUT2D eigenvalue weighted by molar-refractivity contribution is 5.29. The summed E-state index contributed by atoms with van der Waals surface area (Å²) in [5, 5.41) is 19.1. The largest absolute Gasteiger partial charge is 0.503 e. The van der Waals surface area contributed by atoms with E-state index in [2.05, 4.69) is 6.92 Å². The van der Waals surface area contributed by atoms with Crippen molar-refractivity contribution in [2.24, 2.45) is 0 Å². The molecule has 0 aliphatic rings. The lowest BCUT2D eigenvalue weighted by Gasteiger charge is -2.22. The first-order chi connectivity index (χ1) is 10.0. The zero-order chi connectivity index (χ0) is 15.8. The summed E-state index contributed by atoms with van der Waals surface area (Å²) in [5.74, 6) is -0.166. The van der Waals surface area contributed by atoms with Crippen molar-refractivity contribution < 1.29 is 10.2 Å². The van der Waals surface area contributed by atoms with Crippen molar-refractivity contribution in [1.29, 1.82) is 0 Å². The van der Waals surface area contributed by atoms with Crippen molar-refractivity contribution >= 4 is 0 Å². The molecule has 0 unspecified atom stereocenters. The molecule has 5 heteroatoms. The molecule has 0 atom stereocenters. The molecular weight excluding hydrogens is 268 g/mol. The van der Waals surface area contributed by atoms with Crippen LogP contribution in [0.1, 0.15) is 44.0 Å². The highest BCUT2D eigenvalue weighted by atomic mass is 16.3. The molecule has 0 spiro atoms. The van der Waals surface area contributed by atoms with Crippen LogP contribution >= 0.6 is 0 Å². The number of aryl methyl sites for hydroxylation is 1. The number of likely N-dealkylation sites (N-methyl/N-ethyl adjacent to an activating group) is 1. The molecule has 0 radical (unpaired) electrons. The molecule has 120 valence electrons. The van der Waals surface area contributed by atoms with Crippen molar-refractivity contribution in [3.05, 3.63) is 27.7 Å². The van der Waals surface area contributed by atoms with E-state index in [-0.39, 0.29) is 17.8 Å². The van der Waals surface area contributed by atoms with E-state index in [1.165, 1.54) is 18.9 Å². The number of hydrogen-bond acceptors (Lipinski definition) is 4. The van der Waals surface area contributed by atoms with Crippen LogP contribution in [0.4, 0.5) is 0 Å². The number of aliphatic hydroxyl groups is 1. The van der Waals surface area contributed by atoms with E-state index >= 15 is 0 Å². The summed E-state index contributed by atoms with van der Waals surface area (Å²) in [7, 11) is 1.86. The summed E-state index contributed by atoms with van der Waals surface area (Å²) < 4.78 is 2.03. The number of hydrogen-bond donors (Lipinski definition) is 2. The second kappa shape index (κ2) is 8.85. The van der Waals surface area contributed by atoms with Gasteiger partial charge in [0.25, 0.3) is 0 Å². The van der Waals surface area contributed by atoms with Crippen LogP contribution in [0.25, 0.3) is 0 Å². The third-order valence-corrected chi connectivity index (χ3v) is 3.73. The molecule has 0 saturated heterocycles. The third kappa shape index (κ3) is 5.17. The van der Waals surface area contributed by atoms with Crippen LogP contribution in [0.2, 0.25) is 0 Å². The SMILES string of the molecule is CCCCCCn1c(C)cc(=O)c(O)c1CN(C)CCO. The average molecular weight is 296 g/mol. The number of aliphatic hydroxyl groups excluding tert-OH is 1. The lowest BCUT2D eigenvalue weighted by Crippen LogP contribution is -2.26. The van der Waals surface area contributed by atoms with Crippen LogP contribution in [0.15, 0.2) is 10.9 Å². The highest BCUT2D eigenvalue weighted by Gasteiger charge is 2.14. The van der Waals surface area contributed by atoms with Crippen LogP contribution in [-0.2, 0) is 13.1 Å². The van der Waals surface area contributed by atoms with Gasteiger partial charge in [-0.2, -0.15) is 0 Å². The summed E-state index contributed by atoms with van der Waals surface area (Å²) in [4.78, 5) is 13.7. The Morgan fingerprint density at radius 2 is 2.00 bits per heavy atom. The smallest absolute Gasteiger partial charge is 0.223 e. The Hall–Kier alpha value is -1.33. The number of nitrogens with zero attached hydrogens (tertiary/aromatic N) is 2. The number of aromatic hydroxyl groups is 1. The Labute approximate surface area is 126 Å². The Kier molecular flexibility index (Phi) is 7.47. The molecule has 0 bridgehead atoms. The van der Waals surface area contributed by atoms with Gasteiger partial charge in [0.05, 0.1) is 12.3 Å². The quantitative estimate of drug-likeness (QED) is 0.683. The minimum absolute atomic E-state index is 0.0593. The average Bonchev–Trinajstić information content (AvgIpc) is 2.43. The summed E-state index contributed by atoms with van der Waals surface area (Å²) in [6.45, 7) is 5.90. The van der Waals surface area contributed by atoms with Crippen molar-refractivity contribution in [2.45, 2.75) is 52.6 Å². The predicted octanol–water partition coefficient (Wildman–Crippen LogP) is 1.87. The molecule has 5 nitrogen and oxygen atoms in total. The van der Waals surface area contributed by atoms with Gasteiger partial charge >= 0.3 is 0 Å². The van der Waals surface area contributed by atoms with Crippen molar-refractivity contribution in [3.8, 4) is 5.75 Å². The number of rotatable bonds is 9. The molecule has 21 heavy (non-hydrogen) atoms. The van der Waals surface area contributed by atoms with E-state index in [4.69, 9.17) is 5.11 Å². The molecule has 1 heterocycles. The van der Waals surface area contributed by atoms with Gasteiger partial charge in [-0.1, -0.05) is 26.2 Å². The van der Waals surface area contributed by atoms with Gasteiger partial charge in [-0.25, -0.2) is 0 Å². The molecule has 0 amide bonds. The van der Waals surface area contributed by atoms with Crippen LogP contribution in [0.5, 0.6) is 5.75 Å². The van der Waals surface area contributed by atoms with Crippen molar-refractivity contribution in [3.63, 3.8) is 0 Å². The van der Waals surface area contributed by atoms with Crippen LogP contribution in [0.3, 0.4) is 0 Å². The third-order valence-electron chi connectivity index (χ3n) is 3.73. The summed E-state index contributed by atoms with van der Waals surface area (Å²) in [5.41, 5.74) is 1.19. The maximum Gasteiger partial charge on any atom is 0.223 e. The zero-order valence-electron chi connectivity index (χ0n) is 13.4. The van der Waals surface area contributed by atoms with E-state index in [1.54, 1.807) is 0 Å². The second-order valence-electron chi connectivity index (χ2n) is 5.62. The Morgan fingerprint density at radius 1 is 1.29 bits per heavy atom. The minimum atomic E-state index is -0.329. The number of unbranched alkanes of at least 4 members (excludes halogenated alkanes) is 3. The van der Waals surface area contributed by atoms with Gasteiger partial charge in [-0.05, 0) is 20.4 Å². The summed E-state index contributed by atoms with van der Waals surface area (Å²) >= 11 is 0. The minimum Gasteiger partial charge on any atom is -0.503 e. The van der Waals surface area contributed by atoms with E-state index in [0.717, 1.165) is 25.1 Å². The normalized spacial score (nSPS) is 11.3. The van der Waals surface area contributed by atoms with E-state index < -0.39 is 0 Å². The molecule has 1 aromatic heterocycles. The Balaban J connectivity index is 2.97. The lowest BCUT2D eigenvalue weighted by atomic mass is 10.2. The molecule has 0 aliphatic heterocycles. The van der Waals surface area contributed by atoms with Gasteiger partial charge in [0, 0.05) is 31.4 Å². The van der Waals surface area contributed by atoms with E-state index in [9.17, 15) is 9.90 Å². The summed E-state index contributed by atoms with van der Waals surface area (Å²) in [6.07, 6.45) is 4.56. The van der Waals surface area contributed by atoms with Gasteiger partial charge in [-0.15, -0.1) is 0 Å². The Morgan fingerprint density at radius 3 is 2.62 bits per heavy atom. The maximum absolute atomic E-state index is 11.8. The van der Waals surface area contributed by atoms with Gasteiger partial charge in [-0.3, -0.25) is 9.69 Å². The monoisotopic (exact) mass is 296 g/mol. The highest BCUT2D eigenvalue weighted by Crippen LogP contribution is 2.17. The molecule has 2 N–H and O–H groups in total. The topological polar surface area (TPSA) is 65.7 Å². The fourth-order valence-electron chi connectivity index (χ4n) is 2.49. The standard InChI is InChI=1S/C16H28N2O3/c1-4-5-6-7-8-18-13(2)11-15(20)16(21)14(18)12-17(3)9-10-19/h11,19,21H,4-10,12H2,1-3H3. The van der Waals surface area contributed by atoms with Gasteiger partial charge in [0.2, 0.25) is 5.43 Å². The molecule has 0 aromatic carbocycles. The Bertz CT molecular complexity index is 497. The number of pyridine rings is 1. The van der Waals surface area contributed by atoms with Crippen LogP contribution < -0.4 is 5.43 Å². The molecule has 0 saturated carbocycles. The van der Waals surface area contributed by atoms with Crippen LogP contribution in [0, 0.1) is 6.92 Å². The van der Waals surface area contributed by atoms with Crippen molar-refractivity contribution in [2.75, 3.05) is 20.2 Å².